The minimum Gasteiger partial charge on any atom is -0.473 e. The van der Waals surface area contributed by atoms with Crippen molar-refractivity contribution in [1.82, 2.24) is 25.0 Å². The van der Waals surface area contributed by atoms with E-state index in [1.165, 1.54) is 12.1 Å². The third kappa shape index (κ3) is 6.85. The van der Waals surface area contributed by atoms with Gasteiger partial charge in [-0.25, -0.2) is 9.37 Å². The quantitative estimate of drug-likeness (QED) is 0.520. The molecule has 0 bridgehead atoms. The average molecular weight is 595 g/mol. The minimum absolute atomic E-state index is 0.0745. The first-order valence-corrected chi connectivity index (χ1v) is 15.6. The highest BCUT2D eigenvalue weighted by Gasteiger charge is 2.42. The fourth-order valence-corrected chi connectivity index (χ4v) is 6.70. The number of ether oxygens (including phenoxy) is 2. The molecule has 4 atom stereocenters. The lowest BCUT2D eigenvalue weighted by molar-refractivity contribution is -0.135. The standard InChI is InChI=1S/C32H43FN6O4/c1-22-17-38(27(16-34-22)18-37-11-12-42-20-23(37)2)19-30(40)39-28-14-25(13-24-5-7-26(33)8-6-24)15-35-31(28)43-21-29(39)32(41)36-9-3-4-10-36/h5-8,14-15,22-23,27,29,34H,3-4,9-13,16-21H2,1-2H3/t22-,23-,27-,29?/m1/s1. The number of benzene rings is 1. The van der Waals surface area contributed by atoms with E-state index in [2.05, 4.69) is 33.9 Å². The van der Waals surface area contributed by atoms with Gasteiger partial charge in [0, 0.05) is 63.6 Å². The molecule has 2 amide bonds. The van der Waals surface area contributed by atoms with E-state index in [1.54, 1.807) is 23.2 Å². The van der Waals surface area contributed by atoms with E-state index in [0.717, 1.165) is 56.8 Å². The zero-order chi connectivity index (χ0) is 29.9. The Balaban J connectivity index is 1.27. The van der Waals surface area contributed by atoms with Crippen LogP contribution in [-0.4, -0.2) is 121 Å². The molecule has 4 aliphatic heterocycles. The number of hydrogen-bond acceptors (Lipinski definition) is 8. The highest BCUT2D eigenvalue weighted by atomic mass is 19.1. The van der Waals surface area contributed by atoms with Crippen molar-refractivity contribution in [2.24, 2.45) is 0 Å². The summed E-state index contributed by atoms with van der Waals surface area (Å²) in [6.45, 7) is 10.7. The number of fused-ring (bicyclic) bond motifs is 1. The number of aromatic nitrogens is 1. The summed E-state index contributed by atoms with van der Waals surface area (Å²) in [4.78, 5) is 41.0. The molecule has 5 heterocycles. The zero-order valence-corrected chi connectivity index (χ0v) is 25.2. The molecule has 1 aromatic heterocycles. The first-order valence-electron chi connectivity index (χ1n) is 15.6. The highest BCUT2D eigenvalue weighted by Crippen LogP contribution is 2.35. The summed E-state index contributed by atoms with van der Waals surface area (Å²) in [7, 11) is 0. The van der Waals surface area contributed by atoms with Crippen LogP contribution in [0.4, 0.5) is 10.1 Å². The van der Waals surface area contributed by atoms with E-state index in [0.29, 0.717) is 43.7 Å². The van der Waals surface area contributed by atoms with Crippen LogP contribution < -0.4 is 15.0 Å². The van der Waals surface area contributed by atoms with Gasteiger partial charge in [-0.15, -0.1) is 0 Å². The fraction of sp³-hybridized carbons (Fsp3) is 0.594. The number of piperazine rings is 1. The summed E-state index contributed by atoms with van der Waals surface area (Å²) < 4.78 is 25.2. The van der Waals surface area contributed by atoms with Gasteiger partial charge < -0.3 is 19.7 Å². The number of carbonyl (C=O) groups excluding carboxylic acids is 2. The van der Waals surface area contributed by atoms with E-state index in [-0.39, 0.29) is 42.9 Å². The Kier molecular flexibility index (Phi) is 9.22. The van der Waals surface area contributed by atoms with Crippen molar-refractivity contribution >= 4 is 17.5 Å². The van der Waals surface area contributed by atoms with Gasteiger partial charge in [0.25, 0.3) is 0 Å². The van der Waals surface area contributed by atoms with Crippen LogP contribution in [0.5, 0.6) is 5.88 Å². The van der Waals surface area contributed by atoms with Crippen LogP contribution in [0, 0.1) is 5.82 Å². The number of amides is 2. The third-order valence-electron chi connectivity index (χ3n) is 9.15. The van der Waals surface area contributed by atoms with E-state index in [1.807, 2.05) is 11.0 Å². The van der Waals surface area contributed by atoms with E-state index >= 15 is 0 Å². The molecule has 1 N–H and O–H groups in total. The normalized spacial score (nSPS) is 26.7. The summed E-state index contributed by atoms with van der Waals surface area (Å²) in [5.74, 6) is -0.136. The number of anilines is 1. The van der Waals surface area contributed by atoms with Crippen LogP contribution in [0.15, 0.2) is 36.5 Å². The number of pyridine rings is 1. The maximum Gasteiger partial charge on any atom is 0.249 e. The molecule has 0 aliphatic carbocycles. The van der Waals surface area contributed by atoms with Gasteiger partial charge in [0.2, 0.25) is 17.7 Å². The number of hydrogen-bond donors (Lipinski definition) is 1. The molecule has 2 aromatic rings. The lowest BCUT2D eigenvalue weighted by atomic mass is 10.0. The molecule has 1 unspecified atom stereocenters. The molecule has 1 aromatic carbocycles. The molecule has 0 saturated carbocycles. The Bertz CT molecular complexity index is 1290. The van der Waals surface area contributed by atoms with Crippen LogP contribution in [0.1, 0.15) is 37.8 Å². The molecule has 11 heteroatoms. The number of likely N-dealkylation sites (tertiary alicyclic amines) is 1. The Morgan fingerprint density at radius 1 is 1.05 bits per heavy atom. The number of nitrogens with zero attached hydrogens (tertiary/aromatic N) is 5. The lowest BCUT2D eigenvalue weighted by Gasteiger charge is -2.44. The van der Waals surface area contributed by atoms with Crippen molar-refractivity contribution in [3.63, 3.8) is 0 Å². The van der Waals surface area contributed by atoms with Gasteiger partial charge in [0.05, 0.1) is 19.8 Å². The maximum absolute atomic E-state index is 14.4. The smallest absolute Gasteiger partial charge is 0.249 e. The molecule has 10 nitrogen and oxygen atoms in total. The number of morpholine rings is 1. The first-order chi connectivity index (χ1) is 20.9. The number of nitrogens with one attached hydrogen (secondary N) is 1. The fourth-order valence-electron chi connectivity index (χ4n) is 6.70. The van der Waals surface area contributed by atoms with Crippen LogP contribution >= 0.6 is 0 Å². The molecule has 6 rings (SSSR count). The summed E-state index contributed by atoms with van der Waals surface area (Å²) in [5.41, 5.74) is 2.31. The lowest BCUT2D eigenvalue weighted by Crippen LogP contribution is -2.63. The maximum atomic E-state index is 14.4. The topological polar surface area (TPSA) is 90.5 Å². The number of halogens is 1. The summed E-state index contributed by atoms with van der Waals surface area (Å²) in [5, 5.41) is 3.59. The minimum atomic E-state index is -0.751. The summed E-state index contributed by atoms with van der Waals surface area (Å²) in [6, 6.07) is 8.24. The molecule has 43 heavy (non-hydrogen) atoms. The predicted octanol–water partition coefficient (Wildman–Crippen LogP) is 1.91. The van der Waals surface area contributed by atoms with Crippen molar-refractivity contribution < 1.29 is 23.5 Å². The number of rotatable bonds is 7. The zero-order valence-electron chi connectivity index (χ0n) is 25.2. The molecular weight excluding hydrogens is 551 g/mol. The van der Waals surface area contributed by atoms with Crippen LogP contribution in [0.25, 0.3) is 0 Å². The molecule has 3 fully saturated rings. The van der Waals surface area contributed by atoms with Crippen molar-refractivity contribution in [3.8, 4) is 5.88 Å². The van der Waals surface area contributed by atoms with Crippen molar-refractivity contribution in [1.29, 1.82) is 0 Å². The van der Waals surface area contributed by atoms with E-state index in [4.69, 9.17) is 9.47 Å². The van der Waals surface area contributed by atoms with E-state index < -0.39 is 6.04 Å². The van der Waals surface area contributed by atoms with Gasteiger partial charge in [0.15, 0.2) is 0 Å². The molecule has 0 radical (unpaired) electrons. The van der Waals surface area contributed by atoms with Gasteiger partial charge in [-0.05, 0) is 62.4 Å². The van der Waals surface area contributed by atoms with Crippen molar-refractivity contribution in [2.75, 3.05) is 70.5 Å². The third-order valence-corrected chi connectivity index (χ3v) is 9.15. The van der Waals surface area contributed by atoms with Crippen LogP contribution in [0.3, 0.4) is 0 Å². The summed E-state index contributed by atoms with van der Waals surface area (Å²) in [6.07, 6.45) is 4.18. The Hall–Kier alpha value is -3.12. The van der Waals surface area contributed by atoms with Crippen molar-refractivity contribution in [2.45, 2.75) is 57.3 Å². The molecule has 232 valence electrons. The van der Waals surface area contributed by atoms with Crippen molar-refractivity contribution in [3.05, 3.63) is 53.5 Å². The second-order valence-corrected chi connectivity index (χ2v) is 12.4. The molecular formula is C32H43FN6O4. The monoisotopic (exact) mass is 594 g/mol. The second kappa shape index (κ2) is 13.3. The Morgan fingerprint density at radius 3 is 2.60 bits per heavy atom. The highest BCUT2D eigenvalue weighted by molar-refractivity contribution is 6.03. The van der Waals surface area contributed by atoms with Gasteiger partial charge in [-0.3, -0.25) is 24.3 Å². The van der Waals surface area contributed by atoms with Gasteiger partial charge in [-0.1, -0.05) is 12.1 Å². The molecule has 3 saturated heterocycles. The van der Waals surface area contributed by atoms with Crippen LogP contribution in [0.2, 0.25) is 0 Å². The van der Waals surface area contributed by atoms with Gasteiger partial charge in [-0.2, -0.15) is 0 Å². The van der Waals surface area contributed by atoms with Gasteiger partial charge in [0.1, 0.15) is 24.2 Å². The van der Waals surface area contributed by atoms with Gasteiger partial charge >= 0.3 is 0 Å². The first kappa shape index (κ1) is 29.9. The average Bonchev–Trinajstić information content (AvgIpc) is 3.55. The Labute approximate surface area is 253 Å². The Morgan fingerprint density at radius 2 is 1.84 bits per heavy atom. The largest absolute Gasteiger partial charge is 0.473 e. The predicted molar refractivity (Wildman–Crippen MR) is 161 cm³/mol. The SMILES string of the molecule is C[C@@H]1CN(CC(=O)N2c3cc(Cc4ccc(F)cc4)cnc3OCC2C(=O)N2CCCC2)[C@@H](CN2CCOC[C@H]2C)CN1. The summed E-state index contributed by atoms with van der Waals surface area (Å²) >= 11 is 0. The van der Waals surface area contributed by atoms with Crippen LogP contribution in [-0.2, 0) is 20.7 Å². The molecule has 0 spiro atoms. The van der Waals surface area contributed by atoms with E-state index in [9.17, 15) is 14.0 Å². The second-order valence-electron chi connectivity index (χ2n) is 12.4. The number of carbonyl (C=O) groups is 2. The molecule has 4 aliphatic rings.